The standard InChI is InChI=1S/C22H37N5/c1-3-27-13-7-10-21(27)17-25-22(23-2)24-16-20-12-15-26(18-20)14-11-19-8-5-4-6-9-19/h4-6,8-9,20-21H,3,7,10-18H2,1-2H3,(H2,23,24,25). The van der Waals surface area contributed by atoms with Gasteiger partial charge in [0.25, 0.3) is 0 Å². The van der Waals surface area contributed by atoms with Gasteiger partial charge in [-0.2, -0.15) is 0 Å². The largest absolute Gasteiger partial charge is 0.356 e. The van der Waals surface area contributed by atoms with E-state index in [4.69, 9.17) is 0 Å². The van der Waals surface area contributed by atoms with Crippen LogP contribution < -0.4 is 10.6 Å². The monoisotopic (exact) mass is 371 g/mol. The SMILES string of the molecule is CCN1CCCC1CNC(=NC)NCC1CCN(CCc2ccccc2)C1. The van der Waals surface area contributed by atoms with Crippen LogP contribution in [0.15, 0.2) is 35.3 Å². The fraction of sp³-hybridized carbons (Fsp3) is 0.682. The number of aliphatic imine (C=N–C) groups is 1. The number of nitrogens with one attached hydrogen (secondary N) is 2. The molecule has 5 heteroatoms. The van der Waals surface area contributed by atoms with Gasteiger partial charge >= 0.3 is 0 Å². The second-order valence-electron chi connectivity index (χ2n) is 7.95. The Labute approximate surface area is 165 Å². The second-order valence-corrected chi connectivity index (χ2v) is 7.95. The molecule has 0 spiro atoms. The lowest BCUT2D eigenvalue weighted by Gasteiger charge is -2.24. The molecule has 2 aliphatic heterocycles. The molecule has 2 saturated heterocycles. The minimum atomic E-state index is 0.661. The average molecular weight is 372 g/mol. The van der Waals surface area contributed by atoms with E-state index in [1.807, 2.05) is 7.05 Å². The van der Waals surface area contributed by atoms with Crippen LogP contribution in [0.4, 0.5) is 0 Å². The van der Waals surface area contributed by atoms with Crippen LogP contribution in [0, 0.1) is 5.92 Å². The summed E-state index contributed by atoms with van der Waals surface area (Å²) in [5.74, 6) is 1.68. The Morgan fingerprint density at radius 3 is 2.70 bits per heavy atom. The van der Waals surface area contributed by atoms with Gasteiger partial charge in [-0.1, -0.05) is 37.3 Å². The van der Waals surface area contributed by atoms with Crippen molar-refractivity contribution in [1.29, 1.82) is 0 Å². The minimum absolute atomic E-state index is 0.661. The van der Waals surface area contributed by atoms with E-state index in [0.717, 1.165) is 37.9 Å². The summed E-state index contributed by atoms with van der Waals surface area (Å²) in [6.07, 6.45) is 5.06. The first kappa shape index (κ1) is 20.2. The molecule has 150 valence electrons. The highest BCUT2D eigenvalue weighted by Crippen LogP contribution is 2.17. The zero-order valence-corrected chi connectivity index (χ0v) is 17.2. The molecule has 2 unspecified atom stereocenters. The highest BCUT2D eigenvalue weighted by atomic mass is 15.2. The molecule has 0 radical (unpaired) electrons. The molecule has 0 aliphatic carbocycles. The molecule has 2 aliphatic rings. The first-order chi connectivity index (χ1) is 13.3. The molecule has 0 saturated carbocycles. The summed E-state index contributed by atoms with van der Waals surface area (Å²) in [5.41, 5.74) is 1.44. The lowest BCUT2D eigenvalue weighted by atomic mass is 10.1. The quantitative estimate of drug-likeness (QED) is 0.543. The maximum atomic E-state index is 4.42. The lowest BCUT2D eigenvalue weighted by molar-refractivity contribution is 0.267. The van der Waals surface area contributed by atoms with Gasteiger partial charge in [0.05, 0.1) is 0 Å². The van der Waals surface area contributed by atoms with Gasteiger partial charge in [-0.05, 0) is 56.8 Å². The van der Waals surface area contributed by atoms with Crippen LogP contribution in [0.2, 0.25) is 0 Å². The minimum Gasteiger partial charge on any atom is -0.356 e. The highest BCUT2D eigenvalue weighted by molar-refractivity contribution is 5.79. The molecular formula is C22H37N5. The summed E-state index contributed by atoms with van der Waals surface area (Å²) in [5, 5.41) is 7.10. The molecular weight excluding hydrogens is 334 g/mol. The van der Waals surface area contributed by atoms with Crippen LogP contribution in [0.25, 0.3) is 0 Å². The van der Waals surface area contributed by atoms with E-state index >= 15 is 0 Å². The number of hydrogen-bond donors (Lipinski definition) is 2. The number of likely N-dealkylation sites (tertiary alicyclic amines) is 2. The molecule has 5 nitrogen and oxygen atoms in total. The van der Waals surface area contributed by atoms with E-state index in [1.165, 1.54) is 51.0 Å². The lowest BCUT2D eigenvalue weighted by Crippen LogP contribution is -2.46. The summed E-state index contributed by atoms with van der Waals surface area (Å²) < 4.78 is 0. The van der Waals surface area contributed by atoms with E-state index in [1.54, 1.807) is 0 Å². The Bertz CT molecular complexity index is 573. The Kier molecular flexibility index (Phi) is 7.96. The topological polar surface area (TPSA) is 42.9 Å². The molecule has 2 N–H and O–H groups in total. The number of hydrogen-bond acceptors (Lipinski definition) is 3. The predicted molar refractivity (Wildman–Crippen MR) is 114 cm³/mol. The molecule has 3 rings (SSSR count). The Morgan fingerprint density at radius 2 is 1.93 bits per heavy atom. The van der Waals surface area contributed by atoms with Crippen LogP contribution >= 0.6 is 0 Å². The van der Waals surface area contributed by atoms with E-state index < -0.39 is 0 Å². The van der Waals surface area contributed by atoms with Gasteiger partial charge in [-0.3, -0.25) is 9.89 Å². The van der Waals surface area contributed by atoms with E-state index in [2.05, 4.69) is 62.7 Å². The molecule has 1 aromatic carbocycles. The van der Waals surface area contributed by atoms with Crippen LogP contribution in [-0.4, -0.2) is 74.7 Å². The smallest absolute Gasteiger partial charge is 0.191 e. The van der Waals surface area contributed by atoms with Gasteiger partial charge in [-0.15, -0.1) is 0 Å². The first-order valence-corrected chi connectivity index (χ1v) is 10.7. The summed E-state index contributed by atoms with van der Waals surface area (Å²) in [7, 11) is 1.88. The van der Waals surface area contributed by atoms with Crippen molar-refractivity contribution in [3.05, 3.63) is 35.9 Å². The third-order valence-electron chi connectivity index (χ3n) is 6.12. The fourth-order valence-electron chi connectivity index (χ4n) is 4.43. The molecule has 0 amide bonds. The summed E-state index contributed by atoms with van der Waals surface area (Å²) in [6.45, 7) is 10.3. The number of benzene rings is 1. The van der Waals surface area contributed by atoms with Gasteiger partial charge in [0.1, 0.15) is 0 Å². The van der Waals surface area contributed by atoms with Crippen LogP contribution in [0.3, 0.4) is 0 Å². The molecule has 27 heavy (non-hydrogen) atoms. The van der Waals surface area contributed by atoms with Crippen molar-refractivity contribution in [3.63, 3.8) is 0 Å². The maximum Gasteiger partial charge on any atom is 0.191 e. The number of guanidine groups is 1. The molecule has 2 fully saturated rings. The summed E-state index contributed by atoms with van der Waals surface area (Å²) >= 11 is 0. The van der Waals surface area contributed by atoms with E-state index in [0.29, 0.717) is 6.04 Å². The van der Waals surface area contributed by atoms with Crippen LogP contribution in [0.1, 0.15) is 31.7 Å². The van der Waals surface area contributed by atoms with Crippen molar-refractivity contribution in [3.8, 4) is 0 Å². The number of rotatable bonds is 8. The third-order valence-corrected chi connectivity index (χ3v) is 6.12. The number of nitrogens with zero attached hydrogens (tertiary/aromatic N) is 3. The Hall–Kier alpha value is -1.59. The van der Waals surface area contributed by atoms with Gasteiger partial charge in [0.2, 0.25) is 0 Å². The van der Waals surface area contributed by atoms with Gasteiger partial charge in [0, 0.05) is 39.3 Å². The molecule has 0 aromatic heterocycles. The van der Waals surface area contributed by atoms with Crippen molar-refractivity contribution < 1.29 is 0 Å². The maximum absolute atomic E-state index is 4.42. The average Bonchev–Trinajstić information content (AvgIpc) is 3.36. The van der Waals surface area contributed by atoms with Crippen molar-refractivity contribution in [2.24, 2.45) is 10.9 Å². The van der Waals surface area contributed by atoms with Gasteiger partial charge < -0.3 is 15.5 Å². The predicted octanol–water partition coefficient (Wildman–Crippen LogP) is 2.20. The highest BCUT2D eigenvalue weighted by Gasteiger charge is 2.24. The molecule has 0 bridgehead atoms. The van der Waals surface area contributed by atoms with Crippen molar-refractivity contribution in [2.45, 2.75) is 38.6 Å². The number of likely N-dealkylation sites (N-methyl/N-ethyl adjacent to an activating group) is 1. The van der Waals surface area contributed by atoms with Crippen molar-refractivity contribution >= 4 is 5.96 Å². The van der Waals surface area contributed by atoms with Crippen LogP contribution in [-0.2, 0) is 6.42 Å². The van der Waals surface area contributed by atoms with Crippen LogP contribution in [0.5, 0.6) is 0 Å². The zero-order valence-electron chi connectivity index (χ0n) is 17.2. The third kappa shape index (κ3) is 6.22. The normalized spacial score (nSPS) is 24.4. The summed E-state index contributed by atoms with van der Waals surface area (Å²) in [6, 6.07) is 11.5. The second kappa shape index (κ2) is 10.7. The Morgan fingerprint density at radius 1 is 1.11 bits per heavy atom. The van der Waals surface area contributed by atoms with Gasteiger partial charge in [0.15, 0.2) is 5.96 Å². The Balaban J connectivity index is 1.33. The molecule has 2 atom stereocenters. The van der Waals surface area contributed by atoms with E-state index in [9.17, 15) is 0 Å². The fourth-order valence-corrected chi connectivity index (χ4v) is 4.43. The van der Waals surface area contributed by atoms with Gasteiger partial charge in [-0.25, -0.2) is 0 Å². The first-order valence-electron chi connectivity index (χ1n) is 10.7. The van der Waals surface area contributed by atoms with Crippen molar-refractivity contribution in [2.75, 3.05) is 52.9 Å². The van der Waals surface area contributed by atoms with E-state index in [-0.39, 0.29) is 0 Å². The molecule has 2 heterocycles. The zero-order chi connectivity index (χ0) is 18.9. The summed E-state index contributed by atoms with van der Waals surface area (Å²) in [4.78, 5) is 9.59. The molecule has 1 aromatic rings. The van der Waals surface area contributed by atoms with Crippen molar-refractivity contribution in [1.82, 2.24) is 20.4 Å².